The number of hydrogen-bond acceptors (Lipinski definition) is 3. The van der Waals surface area contributed by atoms with Gasteiger partial charge in [-0.1, -0.05) is 24.3 Å². The Morgan fingerprint density at radius 1 is 0.929 bits per heavy atom. The van der Waals surface area contributed by atoms with E-state index in [0.717, 1.165) is 57.7 Å². The number of ether oxygens (including phenoxy) is 1. The van der Waals surface area contributed by atoms with E-state index in [1.165, 1.54) is 11.6 Å². The van der Waals surface area contributed by atoms with Gasteiger partial charge < -0.3 is 14.5 Å². The van der Waals surface area contributed by atoms with Gasteiger partial charge in [-0.3, -0.25) is 0 Å². The van der Waals surface area contributed by atoms with Gasteiger partial charge in [0.1, 0.15) is 12.4 Å². The Balaban J connectivity index is 1.43. The van der Waals surface area contributed by atoms with Crippen LogP contribution >= 0.6 is 0 Å². The van der Waals surface area contributed by atoms with Gasteiger partial charge in [0.25, 0.3) is 0 Å². The summed E-state index contributed by atoms with van der Waals surface area (Å²) in [5.74, 6) is 0.667. The topological polar surface area (TPSA) is 15.7 Å². The summed E-state index contributed by atoms with van der Waals surface area (Å²) in [5.41, 5.74) is 1.11. The van der Waals surface area contributed by atoms with Gasteiger partial charge in [0.15, 0.2) is 0 Å². The van der Waals surface area contributed by atoms with Crippen LogP contribution in [0.4, 0.5) is 13.2 Å². The second kappa shape index (κ2) is 9.43. The van der Waals surface area contributed by atoms with Gasteiger partial charge in [0.05, 0.1) is 5.56 Å². The smallest absolute Gasteiger partial charge is 0.416 e. The second-order valence-electron chi connectivity index (χ2n) is 7.38. The Bertz CT molecular complexity index is 738. The fourth-order valence-corrected chi connectivity index (χ4v) is 3.33. The minimum absolute atomic E-state index is 0.118. The Labute approximate surface area is 164 Å². The SMILES string of the molecule is CN1CCN(CCCc2ccc(OCc3cccc(C(F)(F)F)c3)cc2)CC1. The molecule has 1 aliphatic heterocycles. The van der Waals surface area contributed by atoms with Crippen LogP contribution in [0.15, 0.2) is 48.5 Å². The Morgan fingerprint density at radius 2 is 1.64 bits per heavy atom. The number of piperazine rings is 1. The molecule has 1 heterocycles. The van der Waals surface area contributed by atoms with Crippen LogP contribution in [0.2, 0.25) is 0 Å². The minimum Gasteiger partial charge on any atom is -0.489 e. The molecule has 0 N–H and O–H groups in total. The largest absolute Gasteiger partial charge is 0.489 e. The summed E-state index contributed by atoms with van der Waals surface area (Å²) < 4.78 is 43.9. The molecule has 1 aliphatic rings. The quantitative estimate of drug-likeness (QED) is 0.692. The molecule has 3 nitrogen and oxygen atoms in total. The maximum Gasteiger partial charge on any atom is 0.416 e. The summed E-state index contributed by atoms with van der Waals surface area (Å²) in [4.78, 5) is 4.86. The highest BCUT2D eigenvalue weighted by molar-refractivity contribution is 5.29. The Kier molecular flexibility index (Phi) is 6.97. The standard InChI is InChI=1S/C22H27F3N2O/c1-26-12-14-27(15-13-26)11-3-5-18-7-9-21(10-8-18)28-17-19-4-2-6-20(16-19)22(23,24)25/h2,4,6-10,16H,3,5,11-15,17H2,1H3. The van der Waals surface area contributed by atoms with Gasteiger partial charge in [-0.25, -0.2) is 0 Å². The molecule has 6 heteroatoms. The van der Waals surface area contributed by atoms with Crippen molar-refractivity contribution in [3.8, 4) is 5.75 Å². The molecular formula is C22H27F3N2O. The first-order valence-corrected chi connectivity index (χ1v) is 9.69. The molecule has 1 saturated heterocycles. The van der Waals surface area contributed by atoms with E-state index in [2.05, 4.69) is 16.8 Å². The molecule has 0 aliphatic carbocycles. The van der Waals surface area contributed by atoms with E-state index in [9.17, 15) is 13.2 Å². The first-order valence-electron chi connectivity index (χ1n) is 9.69. The van der Waals surface area contributed by atoms with Gasteiger partial charge in [-0.2, -0.15) is 13.2 Å². The van der Waals surface area contributed by atoms with Crippen LogP contribution in [0.3, 0.4) is 0 Å². The second-order valence-corrected chi connectivity index (χ2v) is 7.38. The lowest BCUT2D eigenvalue weighted by molar-refractivity contribution is -0.137. The molecule has 152 valence electrons. The average molecular weight is 392 g/mol. The minimum atomic E-state index is -4.33. The molecule has 28 heavy (non-hydrogen) atoms. The summed E-state index contributed by atoms with van der Waals surface area (Å²) in [6, 6.07) is 13.1. The molecule has 0 atom stereocenters. The van der Waals surface area contributed by atoms with Gasteiger partial charge in [0.2, 0.25) is 0 Å². The predicted octanol–water partition coefficient (Wildman–Crippen LogP) is 4.46. The zero-order valence-corrected chi connectivity index (χ0v) is 16.2. The van der Waals surface area contributed by atoms with Crippen LogP contribution in [-0.4, -0.2) is 49.6 Å². The molecule has 0 bridgehead atoms. The zero-order valence-electron chi connectivity index (χ0n) is 16.2. The summed E-state index contributed by atoms with van der Waals surface area (Å²) in [7, 11) is 2.16. The number of hydrogen-bond donors (Lipinski definition) is 0. The van der Waals surface area contributed by atoms with Gasteiger partial charge in [0, 0.05) is 26.2 Å². The number of rotatable bonds is 7. The van der Waals surface area contributed by atoms with Crippen molar-refractivity contribution in [2.24, 2.45) is 0 Å². The van der Waals surface area contributed by atoms with Gasteiger partial charge >= 0.3 is 6.18 Å². The molecule has 0 saturated carbocycles. The van der Waals surface area contributed by atoms with Crippen LogP contribution in [-0.2, 0) is 19.2 Å². The lowest BCUT2D eigenvalue weighted by atomic mass is 10.1. The lowest BCUT2D eigenvalue weighted by Gasteiger charge is -2.32. The van der Waals surface area contributed by atoms with E-state index in [-0.39, 0.29) is 6.61 Å². The summed E-state index contributed by atoms with van der Waals surface area (Å²) in [6.45, 7) is 5.78. The number of nitrogens with zero attached hydrogens (tertiary/aromatic N) is 2. The number of benzene rings is 2. The number of aryl methyl sites for hydroxylation is 1. The molecule has 2 aromatic rings. The van der Waals surface area contributed by atoms with Crippen molar-refractivity contribution in [3.05, 3.63) is 65.2 Å². The van der Waals surface area contributed by atoms with Crippen LogP contribution in [0, 0.1) is 0 Å². The van der Waals surface area contributed by atoms with Crippen LogP contribution < -0.4 is 4.74 Å². The maximum atomic E-state index is 12.8. The number of halogens is 3. The van der Waals surface area contributed by atoms with Crippen LogP contribution in [0.25, 0.3) is 0 Å². The monoisotopic (exact) mass is 392 g/mol. The van der Waals surface area contributed by atoms with E-state index < -0.39 is 11.7 Å². The highest BCUT2D eigenvalue weighted by Crippen LogP contribution is 2.29. The van der Waals surface area contributed by atoms with Crippen molar-refractivity contribution < 1.29 is 17.9 Å². The van der Waals surface area contributed by atoms with Crippen LogP contribution in [0.5, 0.6) is 5.75 Å². The zero-order chi connectivity index (χ0) is 20.0. The van der Waals surface area contributed by atoms with E-state index in [4.69, 9.17) is 4.74 Å². The highest BCUT2D eigenvalue weighted by atomic mass is 19.4. The Hall–Kier alpha value is -2.05. The molecular weight excluding hydrogens is 365 g/mol. The molecule has 3 rings (SSSR count). The summed E-state index contributed by atoms with van der Waals surface area (Å²) in [6.07, 6.45) is -2.20. The molecule has 2 aromatic carbocycles. The molecule has 0 unspecified atom stereocenters. The number of alkyl halides is 3. The molecule has 0 radical (unpaired) electrons. The number of likely N-dealkylation sites (N-methyl/N-ethyl adjacent to an activating group) is 1. The Morgan fingerprint density at radius 3 is 2.32 bits per heavy atom. The first-order chi connectivity index (χ1) is 13.4. The van der Waals surface area contributed by atoms with Crippen molar-refractivity contribution in [3.63, 3.8) is 0 Å². The summed E-state index contributed by atoms with van der Waals surface area (Å²) >= 11 is 0. The van der Waals surface area contributed by atoms with E-state index in [1.807, 2.05) is 24.3 Å². The molecule has 0 amide bonds. The van der Waals surface area contributed by atoms with Gasteiger partial charge in [-0.15, -0.1) is 0 Å². The molecule has 0 aromatic heterocycles. The normalized spacial score (nSPS) is 16.3. The fourth-order valence-electron chi connectivity index (χ4n) is 3.33. The predicted molar refractivity (Wildman–Crippen MR) is 104 cm³/mol. The third-order valence-electron chi connectivity index (χ3n) is 5.12. The van der Waals surface area contributed by atoms with Gasteiger partial charge in [-0.05, 0) is 61.8 Å². The first kappa shape index (κ1) is 20.7. The molecule has 0 spiro atoms. The summed E-state index contributed by atoms with van der Waals surface area (Å²) in [5, 5.41) is 0. The van der Waals surface area contributed by atoms with Crippen LogP contribution in [0.1, 0.15) is 23.1 Å². The third kappa shape index (κ3) is 6.24. The molecule has 1 fully saturated rings. The van der Waals surface area contributed by atoms with E-state index in [0.29, 0.717) is 11.3 Å². The van der Waals surface area contributed by atoms with Crippen molar-refractivity contribution in [1.29, 1.82) is 0 Å². The fraction of sp³-hybridized carbons (Fsp3) is 0.455. The third-order valence-corrected chi connectivity index (χ3v) is 5.12. The van der Waals surface area contributed by atoms with E-state index in [1.54, 1.807) is 6.07 Å². The van der Waals surface area contributed by atoms with Crippen molar-refractivity contribution in [1.82, 2.24) is 9.80 Å². The maximum absolute atomic E-state index is 12.8. The average Bonchev–Trinajstić information content (AvgIpc) is 2.68. The van der Waals surface area contributed by atoms with E-state index >= 15 is 0 Å². The van der Waals surface area contributed by atoms with Crippen molar-refractivity contribution >= 4 is 0 Å². The van der Waals surface area contributed by atoms with Crippen molar-refractivity contribution in [2.45, 2.75) is 25.6 Å². The van der Waals surface area contributed by atoms with Crippen molar-refractivity contribution in [2.75, 3.05) is 39.8 Å². The lowest BCUT2D eigenvalue weighted by Crippen LogP contribution is -2.44. The highest BCUT2D eigenvalue weighted by Gasteiger charge is 2.30.